The molecule has 1 saturated heterocycles. The Labute approximate surface area is 95.5 Å². The van der Waals surface area contributed by atoms with E-state index in [1.807, 2.05) is 0 Å². The normalized spacial score (nSPS) is 32.6. The first kappa shape index (κ1) is 11.2. The van der Waals surface area contributed by atoms with E-state index in [4.69, 9.17) is 10.8 Å². The molecule has 1 fully saturated rings. The zero-order valence-electron chi connectivity index (χ0n) is 8.41. The van der Waals surface area contributed by atoms with Crippen molar-refractivity contribution in [1.82, 2.24) is 4.90 Å². The quantitative estimate of drug-likeness (QED) is 0.612. The SMILES string of the molecule is CC(=O)C1=CS[C@H]2C(N)C(=O)N2C1C(=O)O. The number of rotatable bonds is 2. The van der Waals surface area contributed by atoms with E-state index < -0.39 is 24.0 Å². The maximum Gasteiger partial charge on any atom is 0.331 e. The highest BCUT2D eigenvalue weighted by Crippen LogP contribution is 2.39. The number of fused-ring (bicyclic) bond motifs is 1. The van der Waals surface area contributed by atoms with Crippen LogP contribution in [0.4, 0.5) is 0 Å². The molecule has 0 bridgehead atoms. The molecule has 3 atom stereocenters. The summed E-state index contributed by atoms with van der Waals surface area (Å²) in [7, 11) is 0. The van der Waals surface area contributed by atoms with E-state index in [9.17, 15) is 14.4 Å². The van der Waals surface area contributed by atoms with Gasteiger partial charge in [-0.3, -0.25) is 9.59 Å². The van der Waals surface area contributed by atoms with Crippen LogP contribution >= 0.6 is 11.8 Å². The molecule has 16 heavy (non-hydrogen) atoms. The van der Waals surface area contributed by atoms with Crippen LogP contribution < -0.4 is 5.73 Å². The molecule has 0 aromatic carbocycles. The zero-order chi connectivity index (χ0) is 12.0. The predicted molar refractivity (Wildman–Crippen MR) is 56.4 cm³/mol. The lowest BCUT2D eigenvalue weighted by atomic mass is 9.97. The summed E-state index contributed by atoms with van der Waals surface area (Å²) in [6.45, 7) is 1.28. The van der Waals surface area contributed by atoms with Gasteiger partial charge in [-0.2, -0.15) is 0 Å². The zero-order valence-corrected chi connectivity index (χ0v) is 9.23. The highest BCUT2D eigenvalue weighted by molar-refractivity contribution is 8.03. The number of Topliss-reactive ketones (excluding diaryl/α,β-unsaturated/α-hetero) is 1. The minimum Gasteiger partial charge on any atom is -0.479 e. The third-order valence-corrected chi connectivity index (χ3v) is 3.86. The number of carboxylic acids is 1. The maximum atomic E-state index is 11.5. The summed E-state index contributed by atoms with van der Waals surface area (Å²) in [5.41, 5.74) is 5.67. The molecule has 0 aliphatic carbocycles. The van der Waals surface area contributed by atoms with Gasteiger partial charge in [-0.05, 0) is 12.3 Å². The van der Waals surface area contributed by atoms with Crippen LogP contribution in [0.5, 0.6) is 0 Å². The Morgan fingerprint density at radius 2 is 2.19 bits per heavy atom. The van der Waals surface area contributed by atoms with Crippen molar-refractivity contribution in [2.45, 2.75) is 24.4 Å². The standard InChI is InChI=1S/C9H10N2O4S/c1-3(12)4-2-16-8-5(10)7(13)11(8)6(4)9(14)15/h2,5-6,8H,10H2,1H3,(H,14,15)/t5?,6?,8-/m0/s1. The van der Waals surface area contributed by atoms with Gasteiger partial charge in [0.05, 0.1) is 0 Å². The molecule has 2 rings (SSSR count). The van der Waals surface area contributed by atoms with Gasteiger partial charge < -0.3 is 15.7 Å². The Morgan fingerprint density at radius 3 is 2.69 bits per heavy atom. The summed E-state index contributed by atoms with van der Waals surface area (Å²) in [6.07, 6.45) is 0. The van der Waals surface area contributed by atoms with Crippen molar-refractivity contribution in [2.24, 2.45) is 5.73 Å². The van der Waals surface area contributed by atoms with Crippen molar-refractivity contribution in [1.29, 1.82) is 0 Å². The number of amides is 1. The number of nitrogens with zero attached hydrogens (tertiary/aromatic N) is 1. The van der Waals surface area contributed by atoms with E-state index in [-0.39, 0.29) is 16.7 Å². The Balaban J connectivity index is 2.38. The van der Waals surface area contributed by atoms with E-state index >= 15 is 0 Å². The van der Waals surface area contributed by atoms with Crippen LogP contribution in [0.3, 0.4) is 0 Å². The number of carbonyl (C=O) groups is 3. The molecule has 2 unspecified atom stereocenters. The Hall–Kier alpha value is -1.34. The average molecular weight is 242 g/mol. The third-order valence-electron chi connectivity index (χ3n) is 2.67. The molecular weight excluding hydrogens is 232 g/mol. The van der Waals surface area contributed by atoms with Gasteiger partial charge in [0.15, 0.2) is 11.8 Å². The first-order chi connectivity index (χ1) is 7.45. The van der Waals surface area contributed by atoms with Gasteiger partial charge in [-0.25, -0.2) is 4.79 Å². The fraction of sp³-hybridized carbons (Fsp3) is 0.444. The van der Waals surface area contributed by atoms with Gasteiger partial charge in [0, 0.05) is 5.57 Å². The second kappa shape index (κ2) is 3.60. The van der Waals surface area contributed by atoms with Gasteiger partial charge in [-0.15, -0.1) is 11.8 Å². The number of β-lactam (4-membered cyclic amide) rings is 1. The van der Waals surface area contributed by atoms with E-state index in [1.54, 1.807) is 0 Å². The Bertz CT molecular complexity index is 420. The van der Waals surface area contributed by atoms with Crippen molar-refractivity contribution >= 4 is 29.4 Å². The van der Waals surface area contributed by atoms with E-state index in [0.717, 1.165) is 4.90 Å². The van der Waals surface area contributed by atoms with Gasteiger partial charge >= 0.3 is 5.97 Å². The number of ketones is 1. The van der Waals surface area contributed by atoms with Gasteiger partial charge in [-0.1, -0.05) is 0 Å². The molecule has 2 heterocycles. The highest BCUT2D eigenvalue weighted by Gasteiger charge is 2.54. The minimum absolute atomic E-state index is 0.133. The molecule has 0 spiro atoms. The molecule has 86 valence electrons. The van der Waals surface area contributed by atoms with E-state index in [1.165, 1.54) is 24.1 Å². The van der Waals surface area contributed by atoms with Crippen LogP contribution in [-0.2, 0) is 14.4 Å². The summed E-state index contributed by atoms with van der Waals surface area (Å²) in [4.78, 5) is 35.0. The average Bonchev–Trinajstić information content (AvgIpc) is 2.25. The van der Waals surface area contributed by atoms with E-state index in [2.05, 4.69) is 0 Å². The lowest BCUT2D eigenvalue weighted by Crippen LogP contribution is -2.72. The summed E-state index contributed by atoms with van der Waals surface area (Å²) in [6, 6.07) is -1.85. The number of carbonyl (C=O) groups excluding carboxylic acids is 2. The lowest BCUT2D eigenvalue weighted by Gasteiger charge is -2.49. The van der Waals surface area contributed by atoms with Crippen molar-refractivity contribution in [3.8, 4) is 0 Å². The smallest absolute Gasteiger partial charge is 0.331 e. The number of thioether (sulfide) groups is 1. The molecule has 0 saturated carbocycles. The molecule has 0 aromatic heterocycles. The highest BCUT2D eigenvalue weighted by atomic mass is 32.2. The summed E-state index contributed by atoms with van der Waals surface area (Å²) >= 11 is 1.22. The lowest BCUT2D eigenvalue weighted by molar-refractivity contribution is -0.158. The van der Waals surface area contributed by atoms with Gasteiger partial charge in [0.2, 0.25) is 5.91 Å². The molecule has 7 heteroatoms. The molecule has 3 N–H and O–H groups in total. The largest absolute Gasteiger partial charge is 0.479 e. The van der Waals surface area contributed by atoms with Crippen molar-refractivity contribution in [3.63, 3.8) is 0 Å². The monoisotopic (exact) mass is 242 g/mol. The number of hydrogen-bond donors (Lipinski definition) is 2. The van der Waals surface area contributed by atoms with Crippen LogP contribution in [0.1, 0.15) is 6.92 Å². The first-order valence-corrected chi connectivity index (χ1v) is 5.56. The van der Waals surface area contributed by atoms with Crippen LogP contribution in [0.15, 0.2) is 11.0 Å². The van der Waals surface area contributed by atoms with Crippen LogP contribution in [0, 0.1) is 0 Å². The molecule has 0 radical (unpaired) electrons. The molecular formula is C9H10N2O4S. The number of carboxylic acid groups (broad SMARTS) is 1. The predicted octanol–water partition coefficient (Wildman–Crippen LogP) is -0.845. The summed E-state index contributed by atoms with van der Waals surface area (Å²) in [5, 5.41) is 10.2. The van der Waals surface area contributed by atoms with Crippen LogP contribution in [0.2, 0.25) is 0 Å². The van der Waals surface area contributed by atoms with Crippen LogP contribution in [0.25, 0.3) is 0 Å². The fourth-order valence-corrected chi connectivity index (χ4v) is 3.04. The van der Waals surface area contributed by atoms with E-state index in [0.29, 0.717) is 0 Å². The molecule has 0 aromatic rings. The molecule has 2 aliphatic rings. The number of aliphatic carboxylic acids is 1. The molecule has 2 aliphatic heterocycles. The number of hydrogen-bond acceptors (Lipinski definition) is 5. The Morgan fingerprint density at radius 1 is 1.56 bits per heavy atom. The summed E-state index contributed by atoms with van der Waals surface area (Å²) in [5.74, 6) is -1.96. The maximum absolute atomic E-state index is 11.5. The van der Waals surface area contributed by atoms with Crippen molar-refractivity contribution in [2.75, 3.05) is 0 Å². The number of nitrogens with two attached hydrogens (primary N) is 1. The Kier molecular flexibility index (Phi) is 2.51. The van der Waals surface area contributed by atoms with Gasteiger partial charge in [0.1, 0.15) is 11.4 Å². The second-order valence-corrected chi connectivity index (χ2v) is 4.66. The second-order valence-electron chi connectivity index (χ2n) is 3.67. The van der Waals surface area contributed by atoms with Gasteiger partial charge in [0.25, 0.3) is 0 Å². The molecule has 6 nitrogen and oxygen atoms in total. The minimum atomic E-state index is -1.20. The fourth-order valence-electron chi connectivity index (χ4n) is 1.82. The third kappa shape index (κ3) is 1.35. The summed E-state index contributed by atoms with van der Waals surface area (Å²) < 4.78 is 0. The van der Waals surface area contributed by atoms with Crippen molar-refractivity contribution in [3.05, 3.63) is 11.0 Å². The van der Waals surface area contributed by atoms with Crippen molar-refractivity contribution < 1.29 is 19.5 Å². The first-order valence-electron chi connectivity index (χ1n) is 4.62. The topological polar surface area (TPSA) is 101 Å². The molecule has 1 amide bonds. The van der Waals surface area contributed by atoms with Crippen LogP contribution in [-0.4, -0.2) is 45.1 Å².